The van der Waals surface area contributed by atoms with E-state index >= 15 is 0 Å². The molecule has 0 bridgehead atoms. The molecule has 0 aliphatic carbocycles. The fraction of sp³-hybridized carbons (Fsp3) is 0.550. The summed E-state index contributed by atoms with van der Waals surface area (Å²) in [6.45, 7) is 6.04. The number of rotatable bonds is 5. The quantitative estimate of drug-likeness (QED) is 0.917. The standard InChI is InChI=1S/C20H28N4/c1-2-5-17(6-3-1)15-24-12-4-7-19(24)16-23-13-9-18(10-14-23)20-8-11-21-22-20/h1-3,5-6,8,11,18-19H,4,7,9-10,12-16H2,(H,21,22)/t19-/m1/s1. The van der Waals surface area contributed by atoms with Gasteiger partial charge in [-0.3, -0.25) is 10.00 Å². The van der Waals surface area contributed by atoms with E-state index in [4.69, 9.17) is 0 Å². The van der Waals surface area contributed by atoms with Gasteiger partial charge in [0.25, 0.3) is 0 Å². The molecule has 0 amide bonds. The number of H-pyrrole nitrogens is 1. The monoisotopic (exact) mass is 324 g/mol. The summed E-state index contributed by atoms with van der Waals surface area (Å²) >= 11 is 0. The minimum absolute atomic E-state index is 0.674. The van der Waals surface area contributed by atoms with E-state index in [1.165, 1.54) is 63.1 Å². The van der Waals surface area contributed by atoms with Crippen LogP contribution in [0.4, 0.5) is 0 Å². The molecule has 2 aromatic rings. The number of aromatic amines is 1. The van der Waals surface area contributed by atoms with Gasteiger partial charge in [-0.05, 0) is 56.9 Å². The number of benzene rings is 1. The molecule has 24 heavy (non-hydrogen) atoms. The Kier molecular flexibility index (Phi) is 4.95. The Morgan fingerprint density at radius 3 is 2.58 bits per heavy atom. The van der Waals surface area contributed by atoms with Gasteiger partial charge in [0.15, 0.2) is 0 Å². The van der Waals surface area contributed by atoms with E-state index in [0.717, 1.165) is 12.6 Å². The molecule has 2 aliphatic rings. The molecule has 2 fully saturated rings. The first kappa shape index (κ1) is 15.9. The number of piperidine rings is 1. The van der Waals surface area contributed by atoms with Gasteiger partial charge >= 0.3 is 0 Å². The van der Waals surface area contributed by atoms with Crippen LogP contribution in [-0.2, 0) is 6.54 Å². The van der Waals surface area contributed by atoms with Crippen molar-refractivity contribution in [3.63, 3.8) is 0 Å². The van der Waals surface area contributed by atoms with Gasteiger partial charge in [-0.1, -0.05) is 30.3 Å². The Hall–Kier alpha value is -1.65. The predicted octanol–water partition coefficient (Wildman–Crippen LogP) is 3.25. The minimum Gasteiger partial charge on any atom is -0.302 e. The average Bonchev–Trinajstić information content (AvgIpc) is 3.29. The Balaban J connectivity index is 1.29. The van der Waals surface area contributed by atoms with E-state index in [9.17, 15) is 0 Å². The van der Waals surface area contributed by atoms with Crippen molar-refractivity contribution in [1.82, 2.24) is 20.0 Å². The van der Waals surface area contributed by atoms with E-state index in [1.807, 2.05) is 6.20 Å². The van der Waals surface area contributed by atoms with Crippen molar-refractivity contribution >= 4 is 0 Å². The van der Waals surface area contributed by atoms with E-state index in [-0.39, 0.29) is 0 Å². The maximum atomic E-state index is 4.10. The number of hydrogen-bond acceptors (Lipinski definition) is 3. The summed E-state index contributed by atoms with van der Waals surface area (Å²) in [5, 5.41) is 7.26. The van der Waals surface area contributed by atoms with Crippen molar-refractivity contribution in [2.75, 3.05) is 26.2 Å². The summed E-state index contributed by atoms with van der Waals surface area (Å²) in [5.74, 6) is 0.674. The number of nitrogens with zero attached hydrogens (tertiary/aromatic N) is 3. The molecule has 3 heterocycles. The molecule has 1 atom stereocenters. The molecule has 0 spiro atoms. The highest BCUT2D eigenvalue weighted by Crippen LogP contribution is 2.28. The fourth-order valence-electron chi connectivity index (χ4n) is 4.35. The Bertz CT molecular complexity index is 602. The van der Waals surface area contributed by atoms with Crippen LogP contribution in [0.1, 0.15) is 42.9 Å². The van der Waals surface area contributed by atoms with Crippen LogP contribution in [0.15, 0.2) is 42.6 Å². The van der Waals surface area contributed by atoms with Gasteiger partial charge in [0.2, 0.25) is 0 Å². The Labute approximate surface area is 144 Å². The van der Waals surface area contributed by atoms with Gasteiger partial charge in [0.1, 0.15) is 0 Å². The van der Waals surface area contributed by atoms with Crippen LogP contribution in [-0.4, -0.2) is 52.2 Å². The van der Waals surface area contributed by atoms with Crippen LogP contribution < -0.4 is 0 Å². The topological polar surface area (TPSA) is 35.2 Å². The lowest BCUT2D eigenvalue weighted by Gasteiger charge is -2.35. The van der Waals surface area contributed by atoms with Crippen LogP contribution in [0.5, 0.6) is 0 Å². The van der Waals surface area contributed by atoms with Crippen LogP contribution >= 0.6 is 0 Å². The van der Waals surface area contributed by atoms with Crippen molar-refractivity contribution in [3.05, 3.63) is 53.9 Å². The van der Waals surface area contributed by atoms with Crippen LogP contribution in [0.3, 0.4) is 0 Å². The summed E-state index contributed by atoms with van der Waals surface area (Å²) in [5.41, 5.74) is 2.77. The molecule has 0 radical (unpaired) electrons. The lowest BCUT2D eigenvalue weighted by atomic mass is 9.93. The first-order valence-corrected chi connectivity index (χ1v) is 9.38. The molecule has 0 unspecified atom stereocenters. The van der Waals surface area contributed by atoms with Gasteiger partial charge in [0.05, 0.1) is 0 Å². The van der Waals surface area contributed by atoms with Crippen molar-refractivity contribution < 1.29 is 0 Å². The fourth-order valence-corrected chi connectivity index (χ4v) is 4.35. The third kappa shape index (κ3) is 3.70. The molecule has 4 nitrogen and oxygen atoms in total. The molecule has 4 heteroatoms. The summed E-state index contributed by atoms with van der Waals surface area (Å²) in [6, 6.07) is 13.8. The second-order valence-electron chi connectivity index (χ2n) is 7.34. The molecular weight excluding hydrogens is 296 g/mol. The third-order valence-electron chi connectivity index (χ3n) is 5.75. The minimum atomic E-state index is 0.674. The second-order valence-corrected chi connectivity index (χ2v) is 7.34. The zero-order valence-corrected chi connectivity index (χ0v) is 14.4. The molecular formula is C20H28N4. The number of hydrogen-bond donors (Lipinski definition) is 1. The first-order chi connectivity index (χ1) is 11.9. The summed E-state index contributed by atoms with van der Waals surface area (Å²) in [6.07, 6.45) is 7.10. The first-order valence-electron chi connectivity index (χ1n) is 9.38. The molecule has 1 aromatic carbocycles. The second kappa shape index (κ2) is 7.49. The van der Waals surface area contributed by atoms with E-state index in [0.29, 0.717) is 5.92 Å². The number of nitrogens with one attached hydrogen (secondary N) is 1. The largest absolute Gasteiger partial charge is 0.302 e. The zero-order valence-electron chi connectivity index (χ0n) is 14.4. The highest BCUT2D eigenvalue weighted by Gasteiger charge is 2.28. The maximum absolute atomic E-state index is 4.10. The lowest BCUT2D eigenvalue weighted by Crippen LogP contribution is -2.43. The average molecular weight is 324 g/mol. The Morgan fingerprint density at radius 2 is 1.83 bits per heavy atom. The van der Waals surface area contributed by atoms with E-state index < -0.39 is 0 Å². The molecule has 128 valence electrons. The third-order valence-corrected chi connectivity index (χ3v) is 5.75. The Morgan fingerprint density at radius 1 is 1.00 bits per heavy atom. The molecule has 0 saturated carbocycles. The summed E-state index contributed by atoms with van der Waals surface area (Å²) in [7, 11) is 0. The van der Waals surface area contributed by atoms with Gasteiger partial charge in [-0.25, -0.2) is 0 Å². The lowest BCUT2D eigenvalue weighted by molar-refractivity contribution is 0.142. The molecule has 2 aliphatic heterocycles. The zero-order chi connectivity index (χ0) is 16.2. The normalized spacial score (nSPS) is 23.8. The SMILES string of the molecule is c1ccc(CN2CCC[C@@H]2CN2CCC(c3ccn[nH]3)CC2)cc1. The van der Waals surface area contributed by atoms with Crippen LogP contribution in [0.2, 0.25) is 0 Å². The van der Waals surface area contributed by atoms with Gasteiger partial charge in [0, 0.05) is 36.9 Å². The molecule has 1 aromatic heterocycles. The summed E-state index contributed by atoms with van der Waals surface area (Å²) < 4.78 is 0. The van der Waals surface area contributed by atoms with Crippen molar-refractivity contribution in [1.29, 1.82) is 0 Å². The van der Waals surface area contributed by atoms with E-state index in [1.54, 1.807) is 0 Å². The van der Waals surface area contributed by atoms with Gasteiger partial charge < -0.3 is 4.90 Å². The van der Waals surface area contributed by atoms with Gasteiger partial charge in [-0.2, -0.15) is 5.10 Å². The smallest absolute Gasteiger partial charge is 0.0490 e. The highest BCUT2D eigenvalue weighted by molar-refractivity contribution is 5.15. The van der Waals surface area contributed by atoms with Gasteiger partial charge in [-0.15, -0.1) is 0 Å². The summed E-state index contributed by atoms with van der Waals surface area (Å²) in [4.78, 5) is 5.37. The van der Waals surface area contributed by atoms with Crippen LogP contribution in [0.25, 0.3) is 0 Å². The van der Waals surface area contributed by atoms with Crippen molar-refractivity contribution in [2.45, 2.75) is 44.2 Å². The maximum Gasteiger partial charge on any atom is 0.0490 e. The predicted molar refractivity (Wildman–Crippen MR) is 96.9 cm³/mol. The highest BCUT2D eigenvalue weighted by atomic mass is 15.2. The van der Waals surface area contributed by atoms with Crippen molar-refractivity contribution in [3.8, 4) is 0 Å². The molecule has 1 N–H and O–H groups in total. The van der Waals surface area contributed by atoms with Crippen molar-refractivity contribution in [2.24, 2.45) is 0 Å². The van der Waals surface area contributed by atoms with Crippen LogP contribution in [0, 0.1) is 0 Å². The number of likely N-dealkylation sites (tertiary alicyclic amines) is 2. The number of aromatic nitrogens is 2. The van der Waals surface area contributed by atoms with E-state index in [2.05, 4.69) is 56.4 Å². The molecule has 2 saturated heterocycles. The molecule has 4 rings (SSSR count).